The van der Waals surface area contributed by atoms with E-state index in [1.807, 2.05) is 54.6 Å². The zero-order valence-corrected chi connectivity index (χ0v) is 14.9. The Morgan fingerprint density at radius 1 is 0.963 bits per heavy atom. The molecule has 134 valence electrons. The van der Waals surface area contributed by atoms with Crippen LogP contribution >= 0.6 is 0 Å². The number of hydrogen-bond acceptors (Lipinski definition) is 3. The third-order valence-electron chi connectivity index (χ3n) is 4.92. The lowest BCUT2D eigenvalue weighted by atomic mass is 9.79. The van der Waals surface area contributed by atoms with Crippen molar-refractivity contribution >= 4 is 17.6 Å². The first-order valence-corrected chi connectivity index (χ1v) is 8.80. The van der Waals surface area contributed by atoms with Gasteiger partial charge in [-0.1, -0.05) is 54.6 Å². The Morgan fingerprint density at radius 3 is 2.41 bits per heavy atom. The van der Waals surface area contributed by atoms with Crippen LogP contribution in [0.5, 0.6) is 0 Å². The second-order valence-corrected chi connectivity index (χ2v) is 6.54. The first-order chi connectivity index (χ1) is 13.2. The Balaban J connectivity index is 1.81. The van der Waals surface area contributed by atoms with E-state index in [2.05, 4.69) is 10.3 Å². The van der Waals surface area contributed by atoms with Crippen LogP contribution in [0.25, 0.3) is 0 Å². The molecule has 0 saturated carbocycles. The van der Waals surface area contributed by atoms with Crippen molar-refractivity contribution in [1.82, 2.24) is 9.88 Å². The SMILES string of the molecule is CN1C(=O)c2ccccc2[C@@H](C(=O)Nc2ccccn2)[C@@H]1c1ccccc1. The van der Waals surface area contributed by atoms with Crippen LogP contribution in [0.3, 0.4) is 0 Å². The summed E-state index contributed by atoms with van der Waals surface area (Å²) in [5, 5.41) is 2.90. The summed E-state index contributed by atoms with van der Waals surface area (Å²) in [4.78, 5) is 32.0. The lowest BCUT2D eigenvalue weighted by Gasteiger charge is -2.39. The summed E-state index contributed by atoms with van der Waals surface area (Å²) in [5.41, 5.74) is 2.22. The molecule has 1 N–H and O–H groups in total. The fourth-order valence-electron chi connectivity index (χ4n) is 3.66. The fourth-order valence-corrected chi connectivity index (χ4v) is 3.66. The van der Waals surface area contributed by atoms with Crippen LogP contribution in [0, 0.1) is 0 Å². The molecule has 2 amide bonds. The average Bonchev–Trinajstić information content (AvgIpc) is 2.72. The zero-order valence-electron chi connectivity index (χ0n) is 14.9. The predicted octanol–water partition coefficient (Wildman–Crippen LogP) is 3.63. The van der Waals surface area contributed by atoms with E-state index in [-0.39, 0.29) is 11.8 Å². The van der Waals surface area contributed by atoms with Crippen molar-refractivity contribution in [2.24, 2.45) is 0 Å². The van der Waals surface area contributed by atoms with Crippen LogP contribution in [-0.4, -0.2) is 28.7 Å². The van der Waals surface area contributed by atoms with Crippen LogP contribution in [0.15, 0.2) is 79.0 Å². The Morgan fingerprint density at radius 2 is 1.67 bits per heavy atom. The molecule has 0 aliphatic carbocycles. The van der Waals surface area contributed by atoms with E-state index in [9.17, 15) is 9.59 Å². The minimum Gasteiger partial charge on any atom is -0.334 e. The molecule has 0 fully saturated rings. The number of carbonyl (C=O) groups excluding carboxylic acids is 2. The van der Waals surface area contributed by atoms with Crippen LogP contribution in [-0.2, 0) is 4.79 Å². The number of nitrogens with zero attached hydrogens (tertiary/aromatic N) is 2. The van der Waals surface area contributed by atoms with Gasteiger partial charge >= 0.3 is 0 Å². The van der Waals surface area contributed by atoms with E-state index in [4.69, 9.17) is 0 Å². The van der Waals surface area contributed by atoms with Crippen LogP contribution in [0.1, 0.15) is 33.4 Å². The van der Waals surface area contributed by atoms with Gasteiger partial charge in [-0.2, -0.15) is 0 Å². The summed E-state index contributed by atoms with van der Waals surface area (Å²) in [5.74, 6) is -0.310. The summed E-state index contributed by atoms with van der Waals surface area (Å²) in [6, 6.07) is 21.9. The highest BCUT2D eigenvalue weighted by molar-refractivity contribution is 6.04. The van der Waals surface area contributed by atoms with Gasteiger partial charge in [0.15, 0.2) is 0 Å². The second kappa shape index (κ2) is 7.03. The minimum absolute atomic E-state index is 0.0821. The number of fused-ring (bicyclic) bond motifs is 1. The van der Waals surface area contributed by atoms with Crippen LogP contribution in [0.2, 0.25) is 0 Å². The van der Waals surface area contributed by atoms with Gasteiger partial charge < -0.3 is 10.2 Å². The molecule has 2 atom stereocenters. The molecule has 1 aliphatic heterocycles. The minimum atomic E-state index is -0.534. The number of nitrogens with one attached hydrogen (secondary N) is 1. The standard InChI is InChI=1S/C22H19N3O2/c1-25-20(15-9-3-2-4-10-15)19(16-11-5-6-12-17(16)22(25)27)21(26)24-18-13-7-8-14-23-18/h2-14,19-20H,1H3,(H,23,24,26)/t19-,20+/m1/s1. The van der Waals surface area contributed by atoms with Gasteiger partial charge in [0.25, 0.3) is 5.91 Å². The summed E-state index contributed by atoms with van der Waals surface area (Å²) in [6.45, 7) is 0. The van der Waals surface area contributed by atoms with Crippen LogP contribution in [0.4, 0.5) is 5.82 Å². The molecule has 0 unspecified atom stereocenters. The second-order valence-electron chi connectivity index (χ2n) is 6.54. The van der Waals surface area contributed by atoms with Gasteiger partial charge in [-0.05, 0) is 29.3 Å². The van der Waals surface area contributed by atoms with E-state index in [0.29, 0.717) is 11.4 Å². The van der Waals surface area contributed by atoms with Crippen molar-refractivity contribution in [1.29, 1.82) is 0 Å². The number of amides is 2. The van der Waals surface area contributed by atoms with Crippen LogP contribution < -0.4 is 5.32 Å². The third kappa shape index (κ3) is 3.08. The number of hydrogen-bond donors (Lipinski definition) is 1. The molecule has 0 spiro atoms. The molecule has 2 aromatic carbocycles. The molecule has 1 aliphatic rings. The molecule has 1 aromatic heterocycles. The monoisotopic (exact) mass is 357 g/mol. The molecule has 0 radical (unpaired) electrons. The first kappa shape index (κ1) is 17.0. The number of aromatic nitrogens is 1. The molecular weight excluding hydrogens is 338 g/mol. The van der Waals surface area contributed by atoms with Gasteiger partial charge in [-0.3, -0.25) is 9.59 Å². The smallest absolute Gasteiger partial charge is 0.254 e. The number of likely N-dealkylation sites (N-methyl/N-ethyl adjacent to an activating group) is 1. The van der Waals surface area contributed by atoms with Gasteiger partial charge in [0.1, 0.15) is 5.82 Å². The fraction of sp³-hybridized carbons (Fsp3) is 0.136. The summed E-state index contributed by atoms with van der Waals surface area (Å²) >= 11 is 0. The van der Waals surface area contributed by atoms with Gasteiger partial charge in [0.05, 0.1) is 12.0 Å². The number of pyridine rings is 1. The Labute approximate surface area is 157 Å². The average molecular weight is 357 g/mol. The predicted molar refractivity (Wildman–Crippen MR) is 103 cm³/mol. The van der Waals surface area contributed by atoms with Crippen molar-refractivity contribution in [3.8, 4) is 0 Å². The van der Waals surface area contributed by atoms with Crippen molar-refractivity contribution < 1.29 is 9.59 Å². The number of benzene rings is 2. The number of anilines is 1. The largest absolute Gasteiger partial charge is 0.334 e. The molecule has 2 heterocycles. The van der Waals surface area contributed by atoms with E-state index >= 15 is 0 Å². The Bertz CT molecular complexity index is 973. The van der Waals surface area contributed by atoms with Crippen molar-refractivity contribution in [3.05, 3.63) is 95.7 Å². The van der Waals surface area contributed by atoms with E-state index < -0.39 is 12.0 Å². The maximum absolute atomic E-state index is 13.3. The summed E-state index contributed by atoms with van der Waals surface area (Å²) in [6.07, 6.45) is 1.63. The molecule has 5 nitrogen and oxygen atoms in total. The Kier molecular flexibility index (Phi) is 4.42. The van der Waals surface area contributed by atoms with E-state index in [1.54, 1.807) is 36.3 Å². The lowest BCUT2D eigenvalue weighted by Crippen LogP contribution is -2.44. The number of carbonyl (C=O) groups is 2. The highest BCUT2D eigenvalue weighted by Gasteiger charge is 2.42. The van der Waals surface area contributed by atoms with Crippen molar-refractivity contribution in [2.75, 3.05) is 12.4 Å². The normalized spacial score (nSPS) is 18.7. The highest BCUT2D eigenvalue weighted by atomic mass is 16.2. The molecule has 5 heteroatoms. The zero-order chi connectivity index (χ0) is 18.8. The first-order valence-electron chi connectivity index (χ1n) is 8.80. The van der Waals surface area contributed by atoms with E-state index in [1.165, 1.54) is 0 Å². The van der Waals surface area contributed by atoms with Crippen molar-refractivity contribution in [2.45, 2.75) is 12.0 Å². The Hall–Kier alpha value is -3.47. The summed E-state index contributed by atoms with van der Waals surface area (Å²) < 4.78 is 0. The van der Waals surface area contributed by atoms with Crippen molar-refractivity contribution in [3.63, 3.8) is 0 Å². The number of rotatable bonds is 3. The lowest BCUT2D eigenvalue weighted by molar-refractivity contribution is -0.119. The van der Waals surface area contributed by atoms with Gasteiger partial charge in [0.2, 0.25) is 5.91 Å². The molecule has 0 saturated heterocycles. The van der Waals surface area contributed by atoms with Gasteiger partial charge in [-0.25, -0.2) is 4.98 Å². The quantitative estimate of drug-likeness (QED) is 0.779. The van der Waals surface area contributed by atoms with E-state index in [0.717, 1.165) is 11.1 Å². The summed E-state index contributed by atoms with van der Waals surface area (Å²) in [7, 11) is 1.75. The molecule has 4 rings (SSSR count). The maximum atomic E-state index is 13.3. The molecule has 0 bridgehead atoms. The molecule has 27 heavy (non-hydrogen) atoms. The third-order valence-corrected chi connectivity index (χ3v) is 4.92. The maximum Gasteiger partial charge on any atom is 0.254 e. The van der Waals surface area contributed by atoms with Gasteiger partial charge in [-0.15, -0.1) is 0 Å². The molecular formula is C22H19N3O2. The molecule has 3 aromatic rings. The highest BCUT2D eigenvalue weighted by Crippen LogP contribution is 2.42. The van der Waals surface area contributed by atoms with Gasteiger partial charge in [0, 0.05) is 18.8 Å². The topological polar surface area (TPSA) is 62.3 Å².